The topological polar surface area (TPSA) is 41.9 Å². The van der Waals surface area contributed by atoms with Gasteiger partial charge in [-0.15, -0.1) is 11.3 Å². The van der Waals surface area contributed by atoms with Gasteiger partial charge in [0.25, 0.3) is 0 Å². The van der Waals surface area contributed by atoms with Crippen LogP contribution in [0.25, 0.3) is 10.6 Å². The van der Waals surface area contributed by atoms with E-state index < -0.39 is 0 Å². The van der Waals surface area contributed by atoms with Crippen LogP contribution < -0.4 is 0 Å². The van der Waals surface area contributed by atoms with Crippen LogP contribution in [0.3, 0.4) is 0 Å². The summed E-state index contributed by atoms with van der Waals surface area (Å²) in [6.07, 6.45) is 9.20. The molecule has 1 atom stereocenters. The summed E-state index contributed by atoms with van der Waals surface area (Å²) in [4.78, 5) is 17.6. The summed E-state index contributed by atoms with van der Waals surface area (Å²) in [5.74, 6) is 0.629. The van der Waals surface area contributed by atoms with Gasteiger partial charge in [-0.25, -0.2) is 9.97 Å². The van der Waals surface area contributed by atoms with E-state index in [1.807, 2.05) is 18.6 Å². The smallest absolute Gasteiger partial charge is 0.100 e. The molecule has 3 rings (SSSR count). The molecule has 0 amide bonds. The van der Waals surface area contributed by atoms with Gasteiger partial charge in [0.2, 0.25) is 0 Å². The second-order valence-electron chi connectivity index (χ2n) is 7.04. The Morgan fingerprint density at radius 1 is 1.22 bits per heavy atom. The first-order chi connectivity index (χ1) is 11.0. The first kappa shape index (κ1) is 16.5. The van der Waals surface area contributed by atoms with Gasteiger partial charge >= 0.3 is 0 Å². The average Bonchev–Trinajstić information content (AvgIpc) is 3.15. The van der Waals surface area contributed by atoms with Crippen LogP contribution in [-0.2, 0) is 6.42 Å². The first-order valence-corrected chi connectivity index (χ1v) is 9.39. The molecular formula is C18H26N4S. The lowest BCUT2D eigenvalue weighted by atomic mass is 10.1. The standard InChI is InChI=1S/C18H26N4S/c1-12(2)8-18-20-11-17(23-18)15-10-19-9-14(21-15)16-6-5-7-22(16)13(3)4/h9-13,16H,5-8H2,1-4H3/t16-/m0/s1. The number of nitrogens with zero attached hydrogens (tertiary/aromatic N) is 4. The van der Waals surface area contributed by atoms with Crippen molar-refractivity contribution in [3.8, 4) is 10.6 Å². The highest BCUT2D eigenvalue weighted by atomic mass is 32.1. The van der Waals surface area contributed by atoms with Gasteiger partial charge < -0.3 is 0 Å². The van der Waals surface area contributed by atoms with Gasteiger partial charge in [0.1, 0.15) is 5.69 Å². The molecule has 0 N–H and O–H groups in total. The fraction of sp³-hybridized carbons (Fsp3) is 0.611. The molecule has 0 spiro atoms. The summed E-state index contributed by atoms with van der Waals surface area (Å²) < 4.78 is 0. The highest BCUT2D eigenvalue weighted by Gasteiger charge is 2.29. The summed E-state index contributed by atoms with van der Waals surface area (Å²) in [6, 6.07) is 0.958. The van der Waals surface area contributed by atoms with E-state index in [2.05, 4.69) is 42.6 Å². The Morgan fingerprint density at radius 2 is 2.04 bits per heavy atom. The quantitative estimate of drug-likeness (QED) is 0.817. The van der Waals surface area contributed by atoms with Crippen LogP contribution in [0.2, 0.25) is 0 Å². The molecule has 1 aliphatic rings. The van der Waals surface area contributed by atoms with Gasteiger partial charge in [-0.3, -0.25) is 9.88 Å². The lowest BCUT2D eigenvalue weighted by molar-refractivity contribution is 0.202. The fourth-order valence-corrected chi connectivity index (χ4v) is 4.34. The first-order valence-electron chi connectivity index (χ1n) is 8.57. The van der Waals surface area contributed by atoms with Gasteiger partial charge in [-0.1, -0.05) is 13.8 Å². The molecule has 2 aromatic heterocycles. The van der Waals surface area contributed by atoms with Crippen molar-refractivity contribution in [2.24, 2.45) is 5.92 Å². The van der Waals surface area contributed by atoms with E-state index in [1.165, 1.54) is 17.8 Å². The predicted molar refractivity (Wildman–Crippen MR) is 95.5 cm³/mol. The fourth-order valence-electron chi connectivity index (χ4n) is 3.26. The molecule has 124 valence electrons. The van der Waals surface area contributed by atoms with E-state index in [0.717, 1.165) is 29.2 Å². The maximum atomic E-state index is 4.92. The molecule has 1 fully saturated rings. The summed E-state index contributed by atoms with van der Waals surface area (Å²) >= 11 is 1.75. The second-order valence-corrected chi connectivity index (χ2v) is 8.15. The van der Waals surface area contributed by atoms with Crippen molar-refractivity contribution in [2.75, 3.05) is 6.54 Å². The number of thiazole rings is 1. The number of hydrogen-bond acceptors (Lipinski definition) is 5. The molecule has 5 heteroatoms. The maximum Gasteiger partial charge on any atom is 0.100 e. The van der Waals surface area contributed by atoms with E-state index in [1.54, 1.807) is 11.3 Å². The maximum absolute atomic E-state index is 4.92. The van der Waals surface area contributed by atoms with Crippen LogP contribution in [0.5, 0.6) is 0 Å². The van der Waals surface area contributed by atoms with Crippen LogP contribution in [0.1, 0.15) is 57.3 Å². The molecule has 1 saturated heterocycles. The van der Waals surface area contributed by atoms with Crippen molar-refractivity contribution >= 4 is 11.3 Å². The summed E-state index contributed by atoms with van der Waals surface area (Å²) in [5.41, 5.74) is 2.07. The average molecular weight is 331 g/mol. The minimum absolute atomic E-state index is 0.408. The molecule has 2 aromatic rings. The molecule has 0 radical (unpaired) electrons. The van der Waals surface area contributed by atoms with Crippen molar-refractivity contribution in [1.82, 2.24) is 19.9 Å². The Morgan fingerprint density at radius 3 is 2.78 bits per heavy atom. The van der Waals surface area contributed by atoms with Crippen LogP contribution in [0, 0.1) is 5.92 Å². The molecule has 23 heavy (non-hydrogen) atoms. The molecular weight excluding hydrogens is 304 g/mol. The Balaban J connectivity index is 1.84. The molecule has 4 nitrogen and oxygen atoms in total. The Kier molecular flexibility index (Phi) is 5.07. The lowest BCUT2D eigenvalue weighted by Gasteiger charge is -2.27. The van der Waals surface area contributed by atoms with Gasteiger partial charge in [0, 0.05) is 18.7 Å². The molecule has 0 bridgehead atoms. The number of hydrogen-bond donors (Lipinski definition) is 0. The van der Waals surface area contributed by atoms with Crippen molar-refractivity contribution in [1.29, 1.82) is 0 Å². The normalized spacial score (nSPS) is 19.1. The SMILES string of the molecule is CC(C)Cc1ncc(-c2cncc([C@@H]3CCCN3C(C)C)n2)s1. The highest BCUT2D eigenvalue weighted by molar-refractivity contribution is 7.15. The Bertz CT molecular complexity index is 650. The number of aromatic nitrogens is 3. The van der Waals surface area contributed by atoms with Gasteiger partial charge in [-0.2, -0.15) is 0 Å². The molecule has 0 saturated carbocycles. The van der Waals surface area contributed by atoms with E-state index in [4.69, 9.17) is 4.98 Å². The summed E-state index contributed by atoms with van der Waals surface area (Å²) in [5, 5.41) is 1.19. The van der Waals surface area contributed by atoms with E-state index in [9.17, 15) is 0 Å². The van der Waals surface area contributed by atoms with Crippen molar-refractivity contribution in [3.05, 3.63) is 29.3 Å². The van der Waals surface area contributed by atoms with Crippen molar-refractivity contribution < 1.29 is 0 Å². The molecule has 0 unspecified atom stereocenters. The van der Waals surface area contributed by atoms with E-state index in [0.29, 0.717) is 18.0 Å². The third-order valence-electron chi connectivity index (χ3n) is 4.34. The third-order valence-corrected chi connectivity index (χ3v) is 5.38. The highest BCUT2D eigenvalue weighted by Crippen LogP contribution is 2.33. The van der Waals surface area contributed by atoms with E-state index in [-0.39, 0.29) is 0 Å². The van der Waals surface area contributed by atoms with E-state index >= 15 is 0 Å². The van der Waals surface area contributed by atoms with Crippen LogP contribution in [-0.4, -0.2) is 32.4 Å². The lowest BCUT2D eigenvalue weighted by Crippen LogP contribution is -2.30. The molecule has 0 aliphatic carbocycles. The minimum atomic E-state index is 0.408. The zero-order valence-corrected chi connectivity index (χ0v) is 15.3. The predicted octanol–water partition coefficient (Wildman–Crippen LogP) is 4.34. The zero-order chi connectivity index (χ0) is 16.4. The second kappa shape index (κ2) is 7.05. The summed E-state index contributed by atoms with van der Waals surface area (Å²) in [7, 11) is 0. The zero-order valence-electron chi connectivity index (χ0n) is 14.5. The number of likely N-dealkylation sites (tertiary alicyclic amines) is 1. The van der Waals surface area contributed by atoms with Crippen molar-refractivity contribution in [2.45, 2.75) is 59.0 Å². The molecule has 0 aromatic carbocycles. The third kappa shape index (κ3) is 3.78. The monoisotopic (exact) mass is 330 g/mol. The number of rotatable bonds is 5. The van der Waals surface area contributed by atoms with Crippen LogP contribution in [0.15, 0.2) is 18.6 Å². The molecule has 1 aliphatic heterocycles. The van der Waals surface area contributed by atoms with Gasteiger partial charge in [0.05, 0.1) is 34.0 Å². The minimum Gasteiger partial charge on any atom is -0.292 e. The van der Waals surface area contributed by atoms with Crippen LogP contribution in [0.4, 0.5) is 0 Å². The van der Waals surface area contributed by atoms with Gasteiger partial charge in [0.15, 0.2) is 0 Å². The Labute approximate surface area is 143 Å². The molecule has 3 heterocycles. The van der Waals surface area contributed by atoms with Crippen LogP contribution >= 0.6 is 11.3 Å². The largest absolute Gasteiger partial charge is 0.292 e. The van der Waals surface area contributed by atoms with Crippen molar-refractivity contribution in [3.63, 3.8) is 0 Å². The summed E-state index contributed by atoms with van der Waals surface area (Å²) in [6.45, 7) is 10.1. The Hall–Kier alpha value is -1.33. The van der Waals surface area contributed by atoms with Gasteiger partial charge in [-0.05, 0) is 39.2 Å².